The van der Waals surface area contributed by atoms with Crippen LogP contribution in [0.4, 0.5) is 5.69 Å². The van der Waals surface area contributed by atoms with Crippen LogP contribution >= 0.6 is 22.9 Å². The number of aromatic amines is 1. The molecule has 0 unspecified atom stereocenters. The summed E-state index contributed by atoms with van der Waals surface area (Å²) in [7, 11) is -4.06. The molecular weight excluding hydrogens is 462 g/mol. The molecule has 162 valence electrons. The van der Waals surface area contributed by atoms with Gasteiger partial charge >= 0.3 is 0 Å². The summed E-state index contributed by atoms with van der Waals surface area (Å²) in [4.78, 5) is 34.1. The van der Waals surface area contributed by atoms with Crippen molar-refractivity contribution >= 4 is 66.2 Å². The molecule has 0 saturated heterocycles. The highest BCUT2D eigenvalue weighted by Gasteiger charge is 2.27. The van der Waals surface area contributed by atoms with Crippen LogP contribution in [-0.2, 0) is 14.8 Å². The molecule has 4 rings (SSSR count). The number of anilines is 1. The third-order valence-corrected chi connectivity index (χ3v) is 7.39. The molecule has 0 aliphatic heterocycles. The number of hydrogen-bond acceptors (Lipinski definition) is 6. The van der Waals surface area contributed by atoms with Crippen LogP contribution in [0.5, 0.6) is 0 Å². The quantitative estimate of drug-likeness (QED) is 0.311. The number of sulfonamides is 1. The Balaban J connectivity index is 1.71. The fraction of sp³-hybridized carbons (Fsp3) is 0.211. The first-order valence-electron chi connectivity index (χ1n) is 9.35. The van der Waals surface area contributed by atoms with E-state index < -0.39 is 21.7 Å². The number of amides is 1. The minimum atomic E-state index is -4.06. The molecule has 0 bridgehead atoms. The predicted octanol–water partition coefficient (Wildman–Crippen LogP) is 3.38. The number of thiazole rings is 1. The number of aromatic nitrogens is 3. The summed E-state index contributed by atoms with van der Waals surface area (Å²) < 4.78 is 29.8. The van der Waals surface area contributed by atoms with Crippen LogP contribution < -0.4 is 4.72 Å². The van der Waals surface area contributed by atoms with E-state index in [1.54, 1.807) is 37.6 Å². The average molecular weight is 480 g/mol. The van der Waals surface area contributed by atoms with Gasteiger partial charge in [0.05, 0.1) is 5.56 Å². The molecule has 9 nitrogen and oxygen atoms in total. The number of H-pyrrole nitrogens is 1. The van der Waals surface area contributed by atoms with Crippen LogP contribution in [-0.4, -0.2) is 52.5 Å². The highest BCUT2D eigenvalue weighted by molar-refractivity contribution is 7.92. The van der Waals surface area contributed by atoms with E-state index in [1.807, 2.05) is 0 Å². The number of Topliss-reactive ketones (excluding diaryl/α,β-unsaturated/α-hetero) is 1. The lowest BCUT2D eigenvalue weighted by atomic mass is 10.1. The van der Waals surface area contributed by atoms with Crippen LogP contribution in [0.1, 0.15) is 24.2 Å². The second kappa shape index (κ2) is 7.98. The maximum Gasteiger partial charge on any atom is 0.295 e. The van der Waals surface area contributed by atoms with Gasteiger partial charge in [0, 0.05) is 47.5 Å². The van der Waals surface area contributed by atoms with Crippen LogP contribution in [0.25, 0.3) is 15.9 Å². The van der Waals surface area contributed by atoms with Gasteiger partial charge in [0.25, 0.3) is 21.7 Å². The predicted molar refractivity (Wildman–Crippen MR) is 119 cm³/mol. The zero-order valence-corrected chi connectivity index (χ0v) is 18.9. The smallest absolute Gasteiger partial charge is 0.295 e. The zero-order valence-electron chi connectivity index (χ0n) is 16.5. The van der Waals surface area contributed by atoms with Gasteiger partial charge in [0.2, 0.25) is 0 Å². The molecule has 0 aliphatic rings. The van der Waals surface area contributed by atoms with E-state index >= 15 is 0 Å². The molecule has 1 amide bonds. The summed E-state index contributed by atoms with van der Waals surface area (Å²) in [6.07, 6.45) is 3.02. The number of rotatable bonds is 7. The molecule has 3 aromatic heterocycles. The van der Waals surface area contributed by atoms with Crippen molar-refractivity contribution in [1.29, 1.82) is 0 Å². The molecule has 31 heavy (non-hydrogen) atoms. The number of imidazole rings is 1. The Hall–Kier alpha value is -2.89. The van der Waals surface area contributed by atoms with E-state index in [-0.39, 0.29) is 21.4 Å². The number of hydrogen-bond donors (Lipinski definition) is 2. The molecule has 0 radical (unpaired) electrons. The molecule has 0 atom stereocenters. The van der Waals surface area contributed by atoms with E-state index in [0.29, 0.717) is 29.0 Å². The van der Waals surface area contributed by atoms with Gasteiger partial charge < -0.3 is 9.88 Å². The van der Waals surface area contributed by atoms with E-state index in [1.165, 1.54) is 32.9 Å². The Kier molecular flexibility index (Phi) is 5.50. The Morgan fingerprint density at radius 2 is 2.03 bits per heavy atom. The van der Waals surface area contributed by atoms with Crippen LogP contribution in [0, 0.1) is 0 Å². The van der Waals surface area contributed by atoms with Gasteiger partial charge in [-0.2, -0.15) is 8.42 Å². The third kappa shape index (κ3) is 3.68. The molecule has 12 heteroatoms. The molecular formula is C19H18ClN5O4S2. The minimum Gasteiger partial charge on any atom is -0.360 e. The molecule has 0 saturated carbocycles. The summed E-state index contributed by atoms with van der Waals surface area (Å²) >= 11 is 7.32. The van der Waals surface area contributed by atoms with E-state index in [4.69, 9.17) is 11.6 Å². The molecule has 0 spiro atoms. The van der Waals surface area contributed by atoms with E-state index in [9.17, 15) is 18.0 Å². The van der Waals surface area contributed by atoms with Crippen LogP contribution in [0.15, 0.2) is 41.0 Å². The summed E-state index contributed by atoms with van der Waals surface area (Å²) in [6, 6.07) is 4.69. The van der Waals surface area contributed by atoms with Crippen molar-refractivity contribution in [1.82, 2.24) is 19.3 Å². The fourth-order valence-electron chi connectivity index (χ4n) is 3.32. The van der Waals surface area contributed by atoms with Gasteiger partial charge in [0.15, 0.2) is 15.1 Å². The topological polar surface area (TPSA) is 117 Å². The first kappa shape index (κ1) is 21.3. The SMILES string of the molecule is CCN(CC)C(=O)C(=O)c1c[nH]c2ccc(NS(=O)(=O)c3c(Cl)nc4sccn34)cc12. The molecule has 3 heterocycles. The second-order valence-electron chi connectivity index (χ2n) is 6.64. The lowest BCUT2D eigenvalue weighted by molar-refractivity contribution is -0.126. The van der Waals surface area contributed by atoms with Crippen LogP contribution in [0.3, 0.4) is 0 Å². The van der Waals surface area contributed by atoms with Gasteiger partial charge in [-0.3, -0.25) is 18.7 Å². The Bertz CT molecular complexity index is 1420. The maximum atomic E-state index is 13.0. The zero-order chi connectivity index (χ0) is 22.3. The average Bonchev–Trinajstić information content (AvgIpc) is 3.41. The monoisotopic (exact) mass is 479 g/mol. The number of carbonyl (C=O) groups is 2. The first-order valence-corrected chi connectivity index (χ1v) is 12.1. The lowest BCUT2D eigenvalue weighted by Crippen LogP contribution is -2.36. The number of halogens is 1. The number of nitrogens with one attached hydrogen (secondary N) is 2. The summed E-state index contributed by atoms with van der Waals surface area (Å²) in [5.41, 5.74) is 0.995. The van der Waals surface area contributed by atoms with Crippen molar-refractivity contribution < 1.29 is 18.0 Å². The van der Waals surface area contributed by atoms with Crippen molar-refractivity contribution in [2.75, 3.05) is 17.8 Å². The highest BCUT2D eigenvalue weighted by atomic mass is 35.5. The van der Waals surface area contributed by atoms with Crippen molar-refractivity contribution in [2.24, 2.45) is 0 Å². The van der Waals surface area contributed by atoms with Crippen molar-refractivity contribution in [2.45, 2.75) is 18.9 Å². The number of carbonyl (C=O) groups excluding carboxylic acids is 2. The van der Waals surface area contributed by atoms with Crippen molar-refractivity contribution in [3.63, 3.8) is 0 Å². The summed E-state index contributed by atoms with van der Waals surface area (Å²) in [5.74, 6) is -1.27. The molecule has 2 N–H and O–H groups in total. The van der Waals surface area contributed by atoms with Gasteiger partial charge in [-0.25, -0.2) is 4.98 Å². The Labute approximate surface area is 186 Å². The molecule has 1 aromatic carbocycles. The van der Waals surface area contributed by atoms with Crippen molar-refractivity contribution in [3.05, 3.63) is 46.7 Å². The van der Waals surface area contributed by atoms with Gasteiger partial charge in [-0.05, 0) is 32.0 Å². The number of benzene rings is 1. The largest absolute Gasteiger partial charge is 0.360 e. The molecule has 0 aliphatic carbocycles. The van der Waals surface area contributed by atoms with Gasteiger partial charge in [-0.1, -0.05) is 11.6 Å². The van der Waals surface area contributed by atoms with Gasteiger partial charge in [0.1, 0.15) is 0 Å². The first-order chi connectivity index (χ1) is 14.8. The Morgan fingerprint density at radius 3 is 2.74 bits per heavy atom. The number of nitrogens with zero attached hydrogens (tertiary/aromatic N) is 3. The minimum absolute atomic E-state index is 0.136. The normalized spacial score (nSPS) is 11.8. The molecule has 4 aromatic rings. The highest BCUT2D eigenvalue weighted by Crippen LogP contribution is 2.29. The van der Waals surface area contributed by atoms with E-state index in [0.717, 1.165) is 0 Å². The summed E-state index contributed by atoms with van der Waals surface area (Å²) in [6.45, 7) is 4.42. The maximum absolute atomic E-state index is 13.0. The van der Waals surface area contributed by atoms with Crippen LogP contribution in [0.2, 0.25) is 5.15 Å². The number of likely N-dealkylation sites (N-methyl/N-ethyl adjacent to an activating group) is 1. The van der Waals surface area contributed by atoms with E-state index in [2.05, 4.69) is 14.7 Å². The number of fused-ring (bicyclic) bond motifs is 2. The second-order valence-corrected chi connectivity index (χ2v) is 9.47. The van der Waals surface area contributed by atoms with Crippen molar-refractivity contribution in [3.8, 4) is 0 Å². The third-order valence-electron chi connectivity index (χ3n) is 4.86. The fourth-order valence-corrected chi connectivity index (χ4v) is 5.83. The lowest BCUT2D eigenvalue weighted by Gasteiger charge is -2.17. The number of ketones is 1. The summed E-state index contributed by atoms with van der Waals surface area (Å²) in [5, 5.41) is 1.83. The Morgan fingerprint density at radius 1 is 1.29 bits per heavy atom. The van der Waals surface area contributed by atoms with Gasteiger partial charge in [-0.15, -0.1) is 11.3 Å². The molecule has 0 fully saturated rings. The standard InChI is InChI=1S/C19H18ClN5O4S2/c1-3-24(4-2)17(27)15(26)13-10-21-14-6-5-11(9-12(13)14)23-31(28,29)18-16(20)22-19-25(18)7-8-30-19/h5-10,21,23H,3-4H2,1-2H3.